The van der Waals surface area contributed by atoms with Crippen molar-refractivity contribution < 1.29 is 22.5 Å². The molecule has 0 aliphatic carbocycles. The van der Waals surface area contributed by atoms with Gasteiger partial charge in [-0.15, -0.1) is 5.10 Å². The van der Waals surface area contributed by atoms with E-state index in [1.165, 1.54) is 12.1 Å². The van der Waals surface area contributed by atoms with Crippen LogP contribution in [0.3, 0.4) is 0 Å². The zero-order chi connectivity index (χ0) is 13.9. The van der Waals surface area contributed by atoms with Crippen LogP contribution < -0.4 is 10.6 Å². The third-order valence-corrected chi connectivity index (χ3v) is 2.05. The minimum absolute atomic E-state index is 0.000186. The van der Waals surface area contributed by atoms with E-state index in [-0.39, 0.29) is 11.6 Å². The summed E-state index contributed by atoms with van der Waals surface area (Å²) in [6, 6.07) is 3.47. The number of amides is 2. The molecule has 0 aliphatic rings. The van der Waals surface area contributed by atoms with Crippen molar-refractivity contribution >= 4 is 17.6 Å². The first kappa shape index (κ1) is 12.9. The molecule has 2 N–H and O–H groups in total. The predicted molar refractivity (Wildman–Crippen MR) is 58.4 cm³/mol. The van der Waals surface area contributed by atoms with Gasteiger partial charge in [-0.25, -0.2) is 4.79 Å². The fourth-order valence-electron chi connectivity index (χ4n) is 1.27. The Bertz CT molecular complexity index is 568. The van der Waals surface area contributed by atoms with Crippen LogP contribution in [0.1, 0.15) is 5.56 Å². The highest BCUT2D eigenvalue weighted by Crippen LogP contribution is 2.30. The third-order valence-electron chi connectivity index (χ3n) is 2.05. The first-order chi connectivity index (χ1) is 8.95. The average molecular weight is 272 g/mol. The fourth-order valence-corrected chi connectivity index (χ4v) is 1.27. The van der Waals surface area contributed by atoms with E-state index in [2.05, 4.69) is 25.5 Å². The molecule has 6 nitrogen and oxygen atoms in total. The maximum atomic E-state index is 12.5. The summed E-state index contributed by atoms with van der Waals surface area (Å²) in [5, 5.41) is 10.9. The Kier molecular flexibility index (Phi) is 3.36. The van der Waals surface area contributed by atoms with Gasteiger partial charge in [-0.2, -0.15) is 13.2 Å². The first-order valence-corrected chi connectivity index (χ1v) is 4.98. The van der Waals surface area contributed by atoms with Crippen LogP contribution in [-0.4, -0.2) is 16.4 Å². The summed E-state index contributed by atoms with van der Waals surface area (Å²) in [7, 11) is 0. The quantitative estimate of drug-likeness (QED) is 0.880. The van der Waals surface area contributed by atoms with Crippen LogP contribution in [0.15, 0.2) is 35.0 Å². The molecule has 0 atom stereocenters. The molecule has 0 unspecified atom stereocenters. The van der Waals surface area contributed by atoms with Gasteiger partial charge in [0.25, 0.3) is 5.88 Å². The maximum absolute atomic E-state index is 12.5. The molecule has 9 heteroatoms. The number of alkyl halides is 3. The van der Waals surface area contributed by atoms with Crippen LogP contribution >= 0.6 is 0 Å². The summed E-state index contributed by atoms with van der Waals surface area (Å²) < 4.78 is 41.9. The Morgan fingerprint density at radius 3 is 2.68 bits per heavy atom. The molecule has 2 amide bonds. The molecule has 0 bridgehead atoms. The molecular formula is C10H7F3N4O2. The van der Waals surface area contributed by atoms with E-state index in [1.807, 2.05) is 0 Å². The van der Waals surface area contributed by atoms with Gasteiger partial charge in [0.2, 0.25) is 0 Å². The van der Waals surface area contributed by atoms with Crippen LogP contribution in [0.4, 0.5) is 29.5 Å². The second-order valence-electron chi connectivity index (χ2n) is 3.44. The molecule has 100 valence electrons. The summed E-state index contributed by atoms with van der Waals surface area (Å²) in [4.78, 5) is 11.4. The van der Waals surface area contributed by atoms with Gasteiger partial charge in [-0.05, 0) is 18.2 Å². The van der Waals surface area contributed by atoms with E-state index < -0.39 is 17.8 Å². The summed E-state index contributed by atoms with van der Waals surface area (Å²) in [5.74, 6) is -0.0236. The first-order valence-electron chi connectivity index (χ1n) is 4.98. The molecule has 0 saturated carbocycles. The topological polar surface area (TPSA) is 80.0 Å². The number of benzene rings is 1. The Hall–Kier alpha value is -2.58. The normalized spacial score (nSPS) is 11.1. The lowest BCUT2D eigenvalue weighted by atomic mass is 10.2. The SMILES string of the molecule is O=C(Nc1cccc(C(F)(F)F)c1)Nc1cnno1. The fraction of sp³-hybridized carbons (Fsp3) is 0.100. The lowest BCUT2D eigenvalue weighted by Crippen LogP contribution is -2.19. The standard InChI is InChI=1S/C10H7F3N4O2/c11-10(12,13)6-2-1-3-7(4-6)15-9(18)16-8-5-14-17-19-8/h1-5H,(H2,15,16,18). The van der Waals surface area contributed by atoms with Crippen molar-refractivity contribution in [2.75, 3.05) is 10.6 Å². The molecule has 0 radical (unpaired) electrons. The van der Waals surface area contributed by atoms with Crippen LogP contribution in [0, 0.1) is 0 Å². The van der Waals surface area contributed by atoms with Crippen molar-refractivity contribution in [1.82, 2.24) is 10.4 Å². The molecule has 0 fully saturated rings. The smallest absolute Gasteiger partial charge is 0.319 e. The lowest BCUT2D eigenvalue weighted by Gasteiger charge is -2.09. The zero-order valence-electron chi connectivity index (χ0n) is 9.23. The van der Waals surface area contributed by atoms with Crippen LogP contribution in [-0.2, 0) is 6.18 Å². The van der Waals surface area contributed by atoms with Crippen LogP contribution in [0.5, 0.6) is 0 Å². The van der Waals surface area contributed by atoms with Crippen LogP contribution in [0.2, 0.25) is 0 Å². The second kappa shape index (κ2) is 4.96. The summed E-state index contributed by atoms with van der Waals surface area (Å²) in [5.41, 5.74) is -0.855. The summed E-state index contributed by atoms with van der Waals surface area (Å²) >= 11 is 0. The van der Waals surface area contributed by atoms with Gasteiger partial charge in [0.15, 0.2) is 0 Å². The van der Waals surface area contributed by atoms with Gasteiger partial charge in [-0.1, -0.05) is 6.07 Å². The highest BCUT2D eigenvalue weighted by Gasteiger charge is 2.30. The average Bonchev–Trinajstić information content (AvgIpc) is 2.80. The number of rotatable bonds is 2. The Labute approximate surface area is 104 Å². The lowest BCUT2D eigenvalue weighted by molar-refractivity contribution is -0.137. The summed E-state index contributed by atoms with van der Waals surface area (Å²) in [6.07, 6.45) is -3.32. The predicted octanol–water partition coefficient (Wildman–Crippen LogP) is 2.73. The molecule has 0 saturated heterocycles. The number of nitrogens with one attached hydrogen (secondary N) is 2. The number of hydrogen-bond donors (Lipinski definition) is 2. The third kappa shape index (κ3) is 3.44. The van der Waals surface area contributed by atoms with Crippen LogP contribution in [0.25, 0.3) is 0 Å². The monoisotopic (exact) mass is 272 g/mol. The number of carbonyl (C=O) groups excluding carboxylic acids is 1. The van der Waals surface area contributed by atoms with Crippen molar-refractivity contribution in [2.45, 2.75) is 6.18 Å². The largest absolute Gasteiger partial charge is 0.416 e. The maximum Gasteiger partial charge on any atom is 0.416 e. The van der Waals surface area contributed by atoms with Gasteiger partial charge >= 0.3 is 12.2 Å². The molecule has 2 rings (SSSR count). The van der Waals surface area contributed by atoms with E-state index in [9.17, 15) is 18.0 Å². The molecule has 1 aromatic carbocycles. The van der Waals surface area contributed by atoms with Crippen molar-refractivity contribution in [3.63, 3.8) is 0 Å². The van der Waals surface area contributed by atoms with E-state index >= 15 is 0 Å². The number of carbonyl (C=O) groups is 1. The highest BCUT2D eigenvalue weighted by molar-refractivity contribution is 5.98. The Morgan fingerprint density at radius 1 is 1.26 bits per heavy atom. The van der Waals surface area contributed by atoms with Crippen molar-refractivity contribution in [3.05, 3.63) is 36.0 Å². The van der Waals surface area contributed by atoms with Gasteiger partial charge in [-0.3, -0.25) is 5.32 Å². The summed E-state index contributed by atoms with van der Waals surface area (Å²) in [6.45, 7) is 0. The van der Waals surface area contributed by atoms with Crippen molar-refractivity contribution in [1.29, 1.82) is 0 Å². The van der Waals surface area contributed by atoms with Gasteiger partial charge in [0, 0.05) is 11.0 Å². The molecule has 2 aromatic rings. The van der Waals surface area contributed by atoms with Gasteiger partial charge < -0.3 is 9.84 Å². The van der Waals surface area contributed by atoms with E-state index in [4.69, 9.17) is 0 Å². The highest BCUT2D eigenvalue weighted by atomic mass is 19.4. The van der Waals surface area contributed by atoms with E-state index in [1.54, 1.807) is 0 Å². The molecule has 1 aromatic heterocycles. The second-order valence-corrected chi connectivity index (χ2v) is 3.44. The van der Waals surface area contributed by atoms with Gasteiger partial charge in [0.05, 0.1) is 5.56 Å². The van der Waals surface area contributed by atoms with E-state index in [0.717, 1.165) is 18.3 Å². The molecular weight excluding hydrogens is 265 g/mol. The number of nitrogens with zero attached hydrogens (tertiary/aromatic N) is 2. The number of anilines is 2. The molecule has 0 spiro atoms. The number of aromatic nitrogens is 2. The van der Waals surface area contributed by atoms with Gasteiger partial charge in [0.1, 0.15) is 6.20 Å². The van der Waals surface area contributed by atoms with Crippen molar-refractivity contribution in [2.24, 2.45) is 0 Å². The number of hydrogen-bond acceptors (Lipinski definition) is 4. The minimum Gasteiger partial charge on any atom is -0.319 e. The Balaban J connectivity index is 2.05. The number of halogens is 3. The Morgan fingerprint density at radius 2 is 2.05 bits per heavy atom. The minimum atomic E-state index is -4.47. The molecule has 0 aliphatic heterocycles. The molecule has 1 heterocycles. The van der Waals surface area contributed by atoms with E-state index in [0.29, 0.717) is 0 Å². The number of urea groups is 1. The zero-order valence-corrected chi connectivity index (χ0v) is 9.23. The van der Waals surface area contributed by atoms with Crippen molar-refractivity contribution in [3.8, 4) is 0 Å². The molecule has 19 heavy (non-hydrogen) atoms.